The highest BCUT2D eigenvalue weighted by Gasteiger charge is 2.24. The van der Waals surface area contributed by atoms with Crippen molar-refractivity contribution >= 4 is 17.7 Å². The molecule has 7 nitrogen and oxygen atoms in total. The summed E-state index contributed by atoms with van der Waals surface area (Å²) < 4.78 is 16.2. The van der Waals surface area contributed by atoms with Crippen LogP contribution in [0.2, 0.25) is 0 Å². The van der Waals surface area contributed by atoms with Crippen molar-refractivity contribution in [1.29, 1.82) is 0 Å². The number of rotatable bonds is 6. The number of anilines is 1. The van der Waals surface area contributed by atoms with Crippen molar-refractivity contribution in [2.24, 2.45) is 0 Å². The number of nitrogens with one attached hydrogen (secondary N) is 1. The molecule has 0 aliphatic heterocycles. The molecule has 0 radical (unpaired) electrons. The highest BCUT2D eigenvalue weighted by molar-refractivity contribution is 5.73. The molecule has 0 unspecified atom stereocenters. The second kappa shape index (κ2) is 8.78. The Bertz CT molecular complexity index is 570. The summed E-state index contributed by atoms with van der Waals surface area (Å²) in [6.07, 6.45) is -0.655. The van der Waals surface area contributed by atoms with E-state index >= 15 is 0 Å². The minimum Gasteiger partial charge on any atom is -0.491 e. The van der Waals surface area contributed by atoms with Gasteiger partial charge in [0.25, 0.3) is 0 Å². The third kappa shape index (κ3) is 9.76. The van der Waals surface area contributed by atoms with E-state index in [9.17, 15) is 9.59 Å². The molecule has 3 N–H and O–H groups in total. The second-order valence-corrected chi connectivity index (χ2v) is 8.01. The first-order chi connectivity index (χ1) is 11.8. The lowest BCUT2D eigenvalue weighted by Crippen LogP contribution is -2.44. The molecule has 1 aromatic carbocycles. The van der Waals surface area contributed by atoms with Gasteiger partial charge in [0, 0.05) is 5.69 Å². The largest absolute Gasteiger partial charge is 0.491 e. The highest BCUT2D eigenvalue weighted by atomic mass is 16.6. The first-order valence-corrected chi connectivity index (χ1v) is 8.54. The molecular weight excluding hydrogens is 336 g/mol. The first kappa shape index (κ1) is 21.6. The molecule has 0 saturated carbocycles. The molecule has 7 heteroatoms. The predicted octanol–water partition coefficient (Wildman–Crippen LogP) is 3.27. The number of carbonyl (C=O) groups is 2. The third-order valence-corrected chi connectivity index (χ3v) is 2.89. The highest BCUT2D eigenvalue weighted by Crippen LogP contribution is 2.15. The summed E-state index contributed by atoms with van der Waals surface area (Å²) in [7, 11) is 0. The van der Waals surface area contributed by atoms with Crippen molar-refractivity contribution in [1.82, 2.24) is 5.32 Å². The van der Waals surface area contributed by atoms with E-state index < -0.39 is 29.3 Å². The maximum Gasteiger partial charge on any atom is 0.408 e. The summed E-state index contributed by atoms with van der Waals surface area (Å²) >= 11 is 0. The molecule has 0 aliphatic rings. The number of alkyl carbamates (subject to hydrolysis) is 1. The molecule has 0 bridgehead atoms. The van der Waals surface area contributed by atoms with Crippen molar-refractivity contribution in [3.8, 4) is 5.75 Å². The SMILES string of the molecule is CC(C)(C)OC(=O)C[C@H](COc1ccc(N)cc1)NC(=O)OC(C)(C)C. The van der Waals surface area contributed by atoms with Crippen LogP contribution < -0.4 is 15.8 Å². The Morgan fingerprint density at radius 1 is 1.00 bits per heavy atom. The summed E-state index contributed by atoms with van der Waals surface area (Å²) in [6.45, 7) is 10.7. The number of carbonyl (C=O) groups excluding carboxylic acids is 2. The van der Waals surface area contributed by atoms with E-state index in [4.69, 9.17) is 19.9 Å². The summed E-state index contributed by atoms with van der Waals surface area (Å²) in [5.41, 5.74) is 5.02. The van der Waals surface area contributed by atoms with Gasteiger partial charge >= 0.3 is 12.1 Å². The molecule has 1 atom stereocenters. The molecule has 1 rings (SSSR count). The fourth-order valence-electron chi connectivity index (χ4n) is 1.97. The minimum atomic E-state index is -0.641. The van der Waals surface area contributed by atoms with Gasteiger partial charge in [-0.2, -0.15) is 0 Å². The Kier molecular flexibility index (Phi) is 7.29. The average molecular weight is 366 g/mol. The zero-order valence-electron chi connectivity index (χ0n) is 16.4. The molecular formula is C19H30N2O5. The van der Waals surface area contributed by atoms with Crippen molar-refractivity contribution < 1.29 is 23.8 Å². The molecule has 0 heterocycles. The Hall–Kier alpha value is -2.44. The molecule has 0 fully saturated rings. The van der Waals surface area contributed by atoms with E-state index in [1.807, 2.05) is 0 Å². The lowest BCUT2D eigenvalue weighted by atomic mass is 10.1. The number of benzene rings is 1. The minimum absolute atomic E-state index is 0.0362. The number of ether oxygens (including phenoxy) is 3. The summed E-state index contributed by atoms with van der Waals surface area (Å²) in [6, 6.07) is 6.25. The first-order valence-electron chi connectivity index (χ1n) is 8.54. The van der Waals surface area contributed by atoms with E-state index in [2.05, 4.69) is 5.32 Å². The zero-order valence-corrected chi connectivity index (χ0v) is 16.4. The van der Waals surface area contributed by atoms with Gasteiger partial charge in [-0.3, -0.25) is 4.79 Å². The summed E-state index contributed by atoms with van der Waals surface area (Å²) in [5, 5.41) is 2.66. The molecule has 0 saturated heterocycles. The lowest BCUT2D eigenvalue weighted by Gasteiger charge is -2.25. The van der Waals surface area contributed by atoms with Crippen molar-refractivity contribution in [2.75, 3.05) is 12.3 Å². The van der Waals surface area contributed by atoms with Crippen LogP contribution in [0.4, 0.5) is 10.5 Å². The van der Waals surface area contributed by atoms with Crippen LogP contribution in [0.25, 0.3) is 0 Å². The van der Waals surface area contributed by atoms with E-state index in [1.165, 1.54) is 0 Å². The fourth-order valence-corrected chi connectivity index (χ4v) is 1.97. The predicted molar refractivity (Wildman–Crippen MR) is 100.0 cm³/mol. The van der Waals surface area contributed by atoms with Crippen LogP contribution in [0, 0.1) is 0 Å². The Morgan fingerprint density at radius 2 is 1.54 bits per heavy atom. The van der Waals surface area contributed by atoms with Crippen LogP contribution in [-0.2, 0) is 14.3 Å². The number of nitrogens with two attached hydrogens (primary N) is 1. The van der Waals surface area contributed by atoms with Gasteiger partial charge in [0.2, 0.25) is 0 Å². The smallest absolute Gasteiger partial charge is 0.408 e. The van der Waals surface area contributed by atoms with Gasteiger partial charge < -0.3 is 25.3 Å². The van der Waals surface area contributed by atoms with E-state index in [0.29, 0.717) is 11.4 Å². The number of hydrogen-bond acceptors (Lipinski definition) is 6. The third-order valence-electron chi connectivity index (χ3n) is 2.89. The van der Waals surface area contributed by atoms with Gasteiger partial charge in [-0.1, -0.05) is 0 Å². The Balaban J connectivity index is 2.71. The quantitative estimate of drug-likeness (QED) is 0.592. The zero-order chi connectivity index (χ0) is 20.0. The molecule has 146 valence electrons. The second-order valence-electron chi connectivity index (χ2n) is 8.01. The molecule has 0 aromatic heterocycles. The number of amides is 1. The molecule has 1 aromatic rings. The van der Waals surface area contributed by atoms with Crippen LogP contribution >= 0.6 is 0 Å². The van der Waals surface area contributed by atoms with Crippen molar-refractivity contribution in [3.05, 3.63) is 24.3 Å². The van der Waals surface area contributed by atoms with E-state index in [-0.39, 0.29) is 13.0 Å². The van der Waals surface area contributed by atoms with Gasteiger partial charge in [0.05, 0.1) is 12.5 Å². The monoisotopic (exact) mass is 366 g/mol. The number of esters is 1. The molecule has 26 heavy (non-hydrogen) atoms. The summed E-state index contributed by atoms with van der Waals surface area (Å²) in [4.78, 5) is 24.1. The van der Waals surface area contributed by atoms with Gasteiger partial charge in [-0.05, 0) is 65.8 Å². The van der Waals surface area contributed by atoms with Crippen LogP contribution in [0.3, 0.4) is 0 Å². The van der Waals surface area contributed by atoms with Crippen molar-refractivity contribution in [2.45, 2.75) is 65.2 Å². The van der Waals surface area contributed by atoms with Gasteiger partial charge in [-0.25, -0.2) is 4.79 Å². The topological polar surface area (TPSA) is 99.9 Å². The lowest BCUT2D eigenvalue weighted by molar-refractivity contribution is -0.155. The number of hydrogen-bond donors (Lipinski definition) is 2. The summed E-state index contributed by atoms with van der Waals surface area (Å²) in [5.74, 6) is 0.152. The molecule has 0 spiro atoms. The maximum atomic E-state index is 12.1. The Morgan fingerprint density at radius 3 is 2.04 bits per heavy atom. The van der Waals surface area contributed by atoms with E-state index in [1.54, 1.807) is 65.8 Å². The number of nitrogen functional groups attached to an aromatic ring is 1. The normalized spacial score (nSPS) is 12.8. The average Bonchev–Trinajstić information content (AvgIpc) is 2.42. The standard InChI is InChI=1S/C19H30N2O5/c1-18(2,3)25-16(22)11-14(21-17(23)26-19(4,5)6)12-24-15-9-7-13(20)8-10-15/h7-10,14H,11-12,20H2,1-6H3,(H,21,23)/t14-/m1/s1. The maximum absolute atomic E-state index is 12.1. The van der Waals surface area contributed by atoms with Crippen molar-refractivity contribution in [3.63, 3.8) is 0 Å². The van der Waals surface area contributed by atoms with Gasteiger partial charge in [0.15, 0.2) is 0 Å². The fraction of sp³-hybridized carbons (Fsp3) is 0.579. The van der Waals surface area contributed by atoms with Crippen LogP contribution in [0.5, 0.6) is 5.75 Å². The van der Waals surface area contributed by atoms with Crippen LogP contribution in [0.1, 0.15) is 48.0 Å². The van der Waals surface area contributed by atoms with Gasteiger partial charge in [-0.15, -0.1) is 0 Å². The van der Waals surface area contributed by atoms with Crippen LogP contribution in [-0.4, -0.2) is 35.9 Å². The Labute approximate surface area is 155 Å². The van der Waals surface area contributed by atoms with Crippen LogP contribution in [0.15, 0.2) is 24.3 Å². The van der Waals surface area contributed by atoms with Gasteiger partial charge in [0.1, 0.15) is 23.6 Å². The molecule has 0 aliphatic carbocycles. The van der Waals surface area contributed by atoms with E-state index in [0.717, 1.165) is 0 Å². The molecule has 1 amide bonds.